The van der Waals surface area contributed by atoms with Crippen molar-refractivity contribution in [3.63, 3.8) is 0 Å². The van der Waals surface area contributed by atoms with Crippen molar-refractivity contribution in [2.45, 2.75) is 32.1 Å². The van der Waals surface area contributed by atoms with E-state index in [0.717, 1.165) is 11.8 Å². The molecule has 1 aromatic rings. The minimum atomic E-state index is 0.940. The molecule has 3 rings (SSSR count). The number of hydrogen-bond donors (Lipinski definition) is 0. The zero-order valence-corrected chi connectivity index (χ0v) is 10.4. The molecule has 17 heavy (non-hydrogen) atoms. The summed E-state index contributed by atoms with van der Waals surface area (Å²) >= 11 is 0. The fraction of sp³-hybridized carbons (Fsp3) is 0.412. The van der Waals surface area contributed by atoms with E-state index in [9.17, 15) is 0 Å². The first-order valence-electron chi connectivity index (χ1n) is 6.74. The van der Waals surface area contributed by atoms with Crippen LogP contribution in [0.2, 0.25) is 0 Å². The van der Waals surface area contributed by atoms with Crippen LogP contribution in [-0.4, -0.2) is 0 Å². The Morgan fingerprint density at radius 3 is 2.65 bits per heavy atom. The highest BCUT2D eigenvalue weighted by Gasteiger charge is 2.33. The first-order chi connectivity index (χ1) is 8.33. The van der Waals surface area contributed by atoms with Crippen LogP contribution < -0.4 is 0 Å². The van der Waals surface area contributed by atoms with Crippen LogP contribution in [0.3, 0.4) is 0 Å². The third-order valence-corrected chi connectivity index (χ3v) is 4.42. The summed E-state index contributed by atoms with van der Waals surface area (Å²) in [6, 6.07) is 10.6. The molecule has 0 aromatic heterocycles. The lowest BCUT2D eigenvalue weighted by atomic mass is 9.86. The zero-order valence-electron chi connectivity index (χ0n) is 10.4. The molecule has 2 atom stereocenters. The summed E-state index contributed by atoms with van der Waals surface area (Å²) in [7, 11) is 0. The van der Waals surface area contributed by atoms with Crippen molar-refractivity contribution in [2.75, 3.05) is 0 Å². The molecular formula is C17H20. The van der Waals surface area contributed by atoms with Gasteiger partial charge in [-0.05, 0) is 55.1 Å². The number of hydrogen-bond acceptors (Lipinski definition) is 0. The number of benzene rings is 1. The van der Waals surface area contributed by atoms with Gasteiger partial charge in [-0.3, -0.25) is 0 Å². The van der Waals surface area contributed by atoms with Crippen LogP contribution in [0, 0.1) is 11.8 Å². The molecule has 0 heterocycles. The Bertz CT molecular complexity index is 438. The molecule has 0 amide bonds. The van der Waals surface area contributed by atoms with Crippen LogP contribution in [0.1, 0.15) is 37.7 Å². The summed E-state index contributed by atoms with van der Waals surface area (Å²) in [5.41, 5.74) is 4.35. The maximum atomic E-state index is 4.23. The molecule has 0 saturated heterocycles. The molecule has 2 bridgehead atoms. The lowest BCUT2D eigenvalue weighted by Gasteiger charge is -2.19. The van der Waals surface area contributed by atoms with E-state index < -0.39 is 0 Å². The Labute approximate surface area is 104 Å². The predicted molar refractivity (Wildman–Crippen MR) is 73.6 cm³/mol. The first kappa shape index (κ1) is 10.8. The fourth-order valence-corrected chi connectivity index (χ4v) is 3.37. The van der Waals surface area contributed by atoms with Gasteiger partial charge in [0.05, 0.1) is 0 Å². The van der Waals surface area contributed by atoms with Crippen molar-refractivity contribution >= 4 is 5.57 Å². The van der Waals surface area contributed by atoms with E-state index in [1.54, 1.807) is 5.57 Å². The molecule has 2 unspecified atom stereocenters. The monoisotopic (exact) mass is 224 g/mol. The van der Waals surface area contributed by atoms with E-state index in [1.807, 2.05) is 0 Å². The van der Waals surface area contributed by atoms with E-state index in [2.05, 4.69) is 43.0 Å². The van der Waals surface area contributed by atoms with Crippen molar-refractivity contribution in [1.82, 2.24) is 0 Å². The van der Waals surface area contributed by atoms with E-state index in [1.165, 1.54) is 43.2 Å². The molecule has 1 aromatic carbocycles. The molecule has 0 aliphatic heterocycles. The lowest BCUT2D eigenvalue weighted by Crippen LogP contribution is -2.07. The zero-order chi connectivity index (χ0) is 11.7. The normalized spacial score (nSPS) is 26.0. The second-order valence-corrected chi connectivity index (χ2v) is 5.53. The number of fused-ring (bicyclic) bond motifs is 2. The molecule has 2 aliphatic carbocycles. The van der Waals surface area contributed by atoms with Crippen molar-refractivity contribution in [2.24, 2.45) is 11.8 Å². The molecule has 0 spiro atoms. The molecule has 0 nitrogen and oxygen atoms in total. The predicted octanol–water partition coefficient (Wildman–Crippen LogP) is 4.84. The van der Waals surface area contributed by atoms with Crippen molar-refractivity contribution in [1.29, 1.82) is 0 Å². The average Bonchev–Trinajstić information content (AvgIpc) is 2.99. The van der Waals surface area contributed by atoms with E-state index in [-0.39, 0.29) is 0 Å². The maximum absolute atomic E-state index is 4.23. The SMILES string of the molecule is C=C(CCC1CC2=CCC1C2)c1ccccc1. The Balaban J connectivity index is 1.55. The second kappa shape index (κ2) is 4.52. The highest BCUT2D eigenvalue weighted by molar-refractivity contribution is 5.62. The Morgan fingerprint density at radius 1 is 1.18 bits per heavy atom. The van der Waals surface area contributed by atoms with Gasteiger partial charge in [0.1, 0.15) is 0 Å². The minimum Gasteiger partial charge on any atom is -0.0952 e. The summed E-state index contributed by atoms with van der Waals surface area (Å²) in [4.78, 5) is 0. The van der Waals surface area contributed by atoms with Gasteiger partial charge in [0.15, 0.2) is 0 Å². The molecule has 88 valence electrons. The van der Waals surface area contributed by atoms with E-state index in [0.29, 0.717) is 0 Å². The molecule has 2 aliphatic rings. The summed E-state index contributed by atoms with van der Waals surface area (Å²) in [6.07, 6.45) is 9.06. The van der Waals surface area contributed by atoms with Crippen molar-refractivity contribution in [3.05, 3.63) is 54.1 Å². The van der Waals surface area contributed by atoms with Crippen LogP contribution in [0.25, 0.3) is 5.57 Å². The third kappa shape index (κ3) is 2.22. The topological polar surface area (TPSA) is 0 Å². The smallest absolute Gasteiger partial charge is 0.0230 e. The fourth-order valence-electron chi connectivity index (χ4n) is 3.37. The van der Waals surface area contributed by atoms with Crippen molar-refractivity contribution in [3.8, 4) is 0 Å². The van der Waals surface area contributed by atoms with Gasteiger partial charge >= 0.3 is 0 Å². The van der Waals surface area contributed by atoms with Crippen LogP contribution in [0.4, 0.5) is 0 Å². The van der Waals surface area contributed by atoms with Gasteiger partial charge in [-0.2, -0.15) is 0 Å². The average molecular weight is 224 g/mol. The molecular weight excluding hydrogens is 204 g/mol. The van der Waals surface area contributed by atoms with Crippen LogP contribution in [-0.2, 0) is 0 Å². The minimum absolute atomic E-state index is 0.940. The molecule has 0 heteroatoms. The van der Waals surface area contributed by atoms with Crippen LogP contribution in [0.5, 0.6) is 0 Å². The van der Waals surface area contributed by atoms with Gasteiger partial charge in [0.25, 0.3) is 0 Å². The molecule has 1 saturated carbocycles. The Morgan fingerprint density at radius 2 is 2.00 bits per heavy atom. The third-order valence-electron chi connectivity index (χ3n) is 4.42. The highest BCUT2D eigenvalue weighted by atomic mass is 14.4. The maximum Gasteiger partial charge on any atom is -0.0230 e. The Kier molecular flexibility index (Phi) is 2.88. The molecule has 0 N–H and O–H groups in total. The Hall–Kier alpha value is -1.30. The summed E-state index contributed by atoms with van der Waals surface area (Å²) in [5.74, 6) is 1.91. The number of rotatable bonds is 4. The van der Waals surface area contributed by atoms with Gasteiger partial charge in [0.2, 0.25) is 0 Å². The first-order valence-corrected chi connectivity index (χ1v) is 6.74. The van der Waals surface area contributed by atoms with Crippen molar-refractivity contribution < 1.29 is 0 Å². The van der Waals surface area contributed by atoms with Crippen LogP contribution >= 0.6 is 0 Å². The largest absolute Gasteiger partial charge is 0.0952 e. The summed E-state index contributed by atoms with van der Waals surface area (Å²) < 4.78 is 0. The van der Waals surface area contributed by atoms with E-state index in [4.69, 9.17) is 0 Å². The lowest BCUT2D eigenvalue weighted by molar-refractivity contribution is 0.370. The van der Waals surface area contributed by atoms with Gasteiger partial charge in [-0.1, -0.05) is 48.6 Å². The van der Waals surface area contributed by atoms with Crippen LogP contribution in [0.15, 0.2) is 48.6 Å². The quantitative estimate of drug-likeness (QED) is 0.642. The summed E-state index contributed by atoms with van der Waals surface area (Å²) in [6.45, 7) is 4.23. The highest BCUT2D eigenvalue weighted by Crippen LogP contribution is 2.46. The summed E-state index contributed by atoms with van der Waals surface area (Å²) in [5, 5.41) is 0. The standard InChI is InChI=1S/C17H20/c1-13(15-5-3-2-4-6-15)7-9-16-11-14-8-10-17(16)12-14/h2-6,8,16-17H,1,7,9-12H2. The van der Waals surface area contributed by atoms with Gasteiger partial charge < -0.3 is 0 Å². The van der Waals surface area contributed by atoms with Gasteiger partial charge in [-0.15, -0.1) is 0 Å². The van der Waals surface area contributed by atoms with Gasteiger partial charge in [0, 0.05) is 0 Å². The van der Waals surface area contributed by atoms with Gasteiger partial charge in [-0.25, -0.2) is 0 Å². The molecule has 0 radical (unpaired) electrons. The second-order valence-electron chi connectivity index (χ2n) is 5.53. The van der Waals surface area contributed by atoms with E-state index >= 15 is 0 Å². The number of allylic oxidation sites excluding steroid dienone is 3. The molecule has 1 fully saturated rings.